The summed E-state index contributed by atoms with van der Waals surface area (Å²) in [5, 5.41) is 2.93. The predicted octanol–water partition coefficient (Wildman–Crippen LogP) is 2.15. The van der Waals surface area contributed by atoms with Crippen LogP contribution in [0.4, 0.5) is 0 Å². The lowest BCUT2D eigenvalue weighted by Gasteiger charge is -2.26. The van der Waals surface area contributed by atoms with E-state index in [9.17, 15) is 14.4 Å². The van der Waals surface area contributed by atoms with Crippen molar-refractivity contribution in [3.63, 3.8) is 0 Å². The molecule has 0 saturated heterocycles. The number of hydrogen-bond acceptors (Lipinski definition) is 5. The van der Waals surface area contributed by atoms with Crippen LogP contribution in [0.25, 0.3) is 0 Å². The maximum atomic E-state index is 12.3. The minimum absolute atomic E-state index is 0.154. The summed E-state index contributed by atoms with van der Waals surface area (Å²) in [6.45, 7) is 1.54. The molecule has 1 aromatic carbocycles. The fourth-order valence-corrected chi connectivity index (χ4v) is 3.33. The molecule has 0 spiro atoms. The highest BCUT2D eigenvalue weighted by molar-refractivity contribution is 5.95. The molecular formula is C19H23NO5. The first kappa shape index (κ1) is 17.5. The fraction of sp³-hybridized carbons (Fsp3) is 0.526. The summed E-state index contributed by atoms with van der Waals surface area (Å²) in [4.78, 5) is 36.5. The van der Waals surface area contributed by atoms with Gasteiger partial charge in [-0.05, 0) is 31.4 Å². The number of nitrogens with one attached hydrogen (secondary N) is 1. The minimum atomic E-state index is -1.01. The zero-order chi connectivity index (χ0) is 17.8. The van der Waals surface area contributed by atoms with Crippen LogP contribution in [-0.2, 0) is 25.5 Å². The van der Waals surface area contributed by atoms with Gasteiger partial charge in [-0.1, -0.05) is 37.5 Å². The van der Waals surface area contributed by atoms with Crippen molar-refractivity contribution in [2.45, 2.75) is 63.7 Å². The van der Waals surface area contributed by atoms with Crippen LogP contribution >= 0.6 is 0 Å². The summed E-state index contributed by atoms with van der Waals surface area (Å²) in [5.74, 6) is -1.53. The van der Waals surface area contributed by atoms with E-state index in [4.69, 9.17) is 9.47 Å². The summed E-state index contributed by atoms with van der Waals surface area (Å²) in [6, 6.07) is 7.16. The normalized spacial score (nSPS) is 21.6. The van der Waals surface area contributed by atoms with Gasteiger partial charge in [0.05, 0.1) is 5.56 Å². The maximum absolute atomic E-state index is 12.3. The van der Waals surface area contributed by atoms with E-state index in [1.165, 1.54) is 13.3 Å². The van der Waals surface area contributed by atoms with Crippen molar-refractivity contribution in [3.05, 3.63) is 35.4 Å². The smallest absolute Gasteiger partial charge is 0.348 e. The largest absolute Gasteiger partial charge is 0.450 e. The van der Waals surface area contributed by atoms with Crippen LogP contribution in [0.15, 0.2) is 24.3 Å². The number of cyclic esters (lactones) is 1. The van der Waals surface area contributed by atoms with Gasteiger partial charge in [-0.15, -0.1) is 0 Å². The highest BCUT2D eigenvalue weighted by Crippen LogP contribution is 2.22. The zero-order valence-electron chi connectivity index (χ0n) is 14.3. The molecule has 1 amide bonds. The Bertz CT molecular complexity index is 666. The lowest BCUT2D eigenvalue weighted by molar-refractivity contribution is -0.163. The van der Waals surface area contributed by atoms with Crippen LogP contribution < -0.4 is 5.32 Å². The van der Waals surface area contributed by atoms with Gasteiger partial charge in [0, 0.05) is 12.5 Å². The number of ether oxygens (including phenoxy) is 2. The van der Waals surface area contributed by atoms with Gasteiger partial charge in [0.1, 0.15) is 0 Å². The van der Waals surface area contributed by atoms with Crippen molar-refractivity contribution in [2.75, 3.05) is 0 Å². The topological polar surface area (TPSA) is 81.7 Å². The molecule has 0 radical (unpaired) electrons. The van der Waals surface area contributed by atoms with Gasteiger partial charge >= 0.3 is 11.9 Å². The van der Waals surface area contributed by atoms with E-state index >= 15 is 0 Å². The molecular weight excluding hydrogens is 322 g/mol. The number of carbonyl (C=O) groups excluding carboxylic acids is 3. The Morgan fingerprint density at radius 1 is 1.20 bits per heavy atom. The molecule has 1 heterocycles. The number of fused-ring (bicyclic) bond motifs is 1. The first-order valence-electron chi connectivity index (χ1n) is 8.84. The van der Waals surface area contributed by atoms with Crippen molar-refractivity contribution in [1.29, 1.82) is 0 Å². The SMILES string of the molecule is C[C@H](OC(=O)[C@H]1Cc2ccccc2C(=O)O1)C(=O)NC1CCCCC1. The number of esters is 2. The molecule has 0 aromatic heterocycles. The summed E-state index contributed by atoms with van der Waals surface area (Å²) in [6.07, 6.45) is 3.68. The van der Waals surface area contributed by atoms with Crippen LogP contribution in [0.1, 0.15) is 54.9 Å². The molecule has 1 aliphatic heterocycles. The molecule has 2 atom stereocenters. The Balaban J connectivity index is 1.55. The summed E-state index contributed by atoms with van der Waals surface area (Å²) < 4.78 is 10.4. The van der Waals surface area contributed by atoms with Gasteiger partial charge in [0.15, 0.2) is 6.10 Å². The second-order valence-electron chi connectivity index (χ2n) is 6.68. The van der Waals surface area contributed by atoms with Crippen molar-refractivity contribution < 1.29 is 23.9 Å². The third-order valence-electron chi connectivity index (χ3n) is 4.77. The van der Waals surface area contributed by atoms with Gasteiger partial charge in [-0.3, -0.25) is 4.79 Å². The fourth-order valence-electron chi connectivity index (χ4n) is 3.33. The lowest BCUT2D eigenvalue weighted by atomic mass is 9.95. The minimum Gasteiger partial charge on any atom is -0.450 e. The summed E-state index contributed by atoms with van der Waals surface area (Å²) in [7, 11) is 0. The average Bonchev–Trinajstić information content (AvgIpc) is 2.62. The predicted molar refractivity (Wildman–Crippen MR) is 89.9 cm³/mol. The van der Waals surface area contributed by atoms with E-state index in [0.29, 0.717) is 5.56 Å². The second kappa shape index (κ2) is 7.68. The van der Waals surface area contributed by atoms with Gasteiger partial charge in [-0.25, -0.2) is 9.59 Å². The van der Waals surface area contributed by atoms with Crippen molar-refractivity contribution in [3.8, 4) is 0 Å². The average molecular weight is 345 g/mol. The van der Waals surface area contributed by atoms with E-state index in [0.717, 1.165) is 31.2 Å². The Kier molecular flexibility index (Phi) is 5.36. The third kappa shape index (κ3) is 4.18. The molecule has 1 N–H and O–H groups in total. The first-order chi connectivity index (χ1) is 12.0. The Morgan fingerprint density at radius 3 is 2.68 bits per heavy atom. The van der Waals surface area contributed by atoms with Crippen LogP contribution in [-0.4, -0.2) is 36.1 Å². The number of rotatable bonds is 4. The number of hydrogen-bond donors (Lipinski definition) is 1. The van der Waals surface area contributed by atoms with Crippen molar-refractivity contribution in [2.24, 2.45) is 0 Å². The highest BCUT2D eigenvalue weighted by Gasteiger charge is 2.34. The molecule has 6 heteroatoms. The van der Waals surface area contributed by atoms with Gasteiger partial charge in [0.25, 0.3) is 5.91 Å². The van der Waals surface area contributed by atoms with E-state index in [1.807, 2.05) is 0 Å². The molecule has 1 saturated carbocycles. The Labute approximate surface area is 146 Å². The van der Waals surface area contributed by atoms with Crippen LogP contribution in [0, 0.1) is 0 Å². The van der Waals surface area contributed by atoms with Crippen LogP contribution in [0.2, 0.25) is 0 Å². The Hall–Kier alpha value is -2.37. The van der Waals surface area contributed by atoms with E-state index in [-0.39, 0.29) is 18.4 Å². The van der Waals surface area contributed by atoms with Gasteiger partial charge < -0.3 is 14.8 Å². The lowest BCUT2D eigenvalue weighted by Crippen LogP contribution is -2.45. The number of benzene rings is 1. The van der Waals surface area contributed by atoms with Gasteiger partial charge in [-0.2, -0.15) is 0 Å². The van der Waals surface area contributed by atoms with E-state index < -0.39 is 24.1 Å². The Morgan fingerprint density at radius 2 is 1.92 bits per heavy atom. The van der Waals surface area contributed by atoms with Gasteiger partial charge in [0.2, 0.25) is 6.10 Å². The molecule has 1 fully saturated rings. The molecule has 2 aliphatic rings. The van der Waals surface area contributed by atoms with E-state index in [1.54, 1.807) is 24.3 Å². The molecule has 0 bridgehead atoms. The molecule has 25 heavy (non-hydrogen) atoms. The molecule has 0 unspecified atom stereocenters. The summed E-state index contributed by atoms with van der Waals surface area (Å²) >= 11 is 0. The first-order valence-corrected chi connectivity index (χ1v) is 8.84. The van der Waals surface area contributed by atoms with Crippen LogP contribution in [0.5, 0.6) is 0 Å². The number of carbonyl (C=O) groups is 3. The van der Waals surface area contributed by atoms with Crippen molar-refractivity contribution in [1.82, 2.24) is 5.32 Å². The molecule has 1 aliphatic carbocycles. The number of amides is 1. The molecule has 1 aromatic rings. The zero-order valence-corrected chi connectivity index (χ0v) is 14.3. The maximum Gasteiger partial charge on any atom is 0.348 e. The third-order valence-corrected chi connectivity index (χ3v) is 4.77. The highest BCUT2D eigenvalue weighted by atomic mass is 16.6. The molecule has 134 valence electrons. The van der Waals surface area contributed by atoms with E-state index in [2.05, 4.69) is 5.32 Å². The monoisotopic (exact) mass is 345 g/mol. The van der Waals surface area contributed by atoms with Crippen LogP contribution in [0.3, 0.4) is 0 Å². The van der Waals surface area contributed by atoms with Crippen molar-refractivity contribution >= 4 is 17.8 Å². The quantitative estimate of drug-likeness (QED) is 0.846. The molecule has 6 nitrogen and oxygen atoms in total. The molecule has 3 rings (SSSR count). The summed E-state index contributed by atoms with van der Waals surface area (Å²) in [5.41, 5.74) is 1.22. The second-order valence-corrected chi connectivity index (χ2v) is 6.68. The standard InChI is InChI=1S/C19H23NO5/c1-12(17(21)20-14-8-3-2-4-9-14)24-19(23)16-11-13-7-5-6-10-15(13)18(22)25-16/h5-7,10,12,14,16H,2-4,8-9,11H2,1H3,(H,20,21)/t12-,16+/m0/s1.